The van der Waals surface area contributed by atoms with Gasteiger partial charge in [-0.1, -0.05) is 12.1 Å². The smallest absolute Gasteiger partial charge is 0.328 e. The van der Waals surface area contributed by atoms with E-state index in [-0.39, 0.29) is 11.2 Å². The van der Waals surface area contributed by atoms with E-state index in [9.17, 15) is 26.7 Å². The molecule has 154 valence electrons. The minimum absolute atomic E-state index is 0.0588. The third kappa shape index (κ3) is 3.16. The highest BCUT2D eigenvalue weighted by molar-refractivity contribution is 5.82. The fraction of sp³-hybridized carbons (Fsp3) is 0.143. The fourth-order valence-corrected chi connectivity index (χ4v) is 3.48. The monoisotopic (exact) mass is 419 g/mol. The Morgan fingerprint density at radius 3 is 2.23 bits per heavy atom. The van der Waals surface area contributed by atoms with Gasteiger partial charge in [0.2, 0.25) is 0 Å². The minimum atomic E-state index is -4.48. The van der Waals surface area contributed by atoms with Crippen LogP contribution in [0.15, 0.2) is 53.3 Å². The molecule has 0 aliphatic heterocycles. The van der Waals surface area contributed by atoms with Crippen molar-refractivity contribution in [2.24, 2.45) is 7.05 Å². The van der Waals surface area contributed by atoms with Gasteiger partial charge in [-0.3, -0.25) is 4.79 Å². The Labute approximate surface area is 166 Å². The van der Waals surface area contributed by atoms with E-state index < -0.39 is 28.9 Å². The molecular weight excluding hydrogens is 405 g/mol. The SMILES string of the molecule is Cc1nn2c(=O)cc(-c3ccc(C(F)(F)F)cc3)n(C)c2c1-c1ccc(F)cc1F. The van der Waals surface area contributed by atoms with Crippen LogP contribution in [0.25, 0.3) is 28.0 Å². The highest BCUT2D eigenvalue weighted by Gasteiger charge is 2.30. The molecule has 0 spiro atoms. The van der Waals surface area contributed by atoms with Gasteiger partial charge in [0.25, 0.3) is 5.56 Å². The van der Waals surface area contributed by atoms with Crippen molar-refractivity contribution >= 4 is 5.65 Å². The summed E-state index contributed by atoms with van der Waals surface area (Å²) in [6, 6.07) is 8.69. The van der Waals surface area contributed by atoms with E-state index in [0.29, 0.717) is 22.5 Å². The summed E-state index contributed by atoms with van der Waals surface area (Å²) in [5.41, 5.74) is 0.281. The number of fused-ring (bicyclic) bond motifs is 1. The molecule has 2 aromatic carbocycles. The molecule has 4 rings (SSSR count). The van der Waals surface area contributed by atoms with Gasteiger partial charge >= 0.3 is 6.18 Å². The van der Waals surface area contributed by atoms with Gasteiger partial charge in [0.05, 0.1) is 22.5 Å². The van der Waals surface area contributed by atoms with Crippen LogP contribution in [-0.4, -0.2) is 14.2 Å². The Bertz CT molecular complexity index is 1330. The molecule has 0 N–H and O–H groups in total. The second kappa shape index (κ2) is 6.79. The number of hydrogen-bond donors (Lipinski definition) is 0. The molecule has 0 aliphatic carbocycles. The molecule has 0 fully saturated rings. The van der Waals surface area contributed by atoms with Gasteiger partial charge in [0, 0.05) is 24.7 Å². The molecule has 4 nitrogen and oxygen atoms in total. The van der Waals surface area contributed by atoms with Gasteiger partial charge in [0.1, 0.15) is 17.3 Å². The first-order valence-corrected chi connectivity index (χ1v) is 8.80. The van der Waals surface area contributed by atoms with Crippen LogP contribution in [0.2, 0.25) is 0 Å². The standard InChI is InChI=1S/C21H14F5N3O/c1-11-19(15-8-7-14(22)9-16(15)23)20-28(2)17(10-18(30)29(20)27-11)12-3-5-13(6-4-12)21(24,25)26/h3-10H,1-2H3. The molecule has 0 unspecified atom stereocenters. The first-order chi connectivity index (χ1) is 14.1. The summed E-state index contributed by atoms with van der Waals surface area (Å²) in [6.45, 7) is 1.59. The number of benzene rings is 2. The third-order valence-electron chi connectivity index (χ3n) is 4.89. The summed E-state index contributed by atoms with van der Waals surface area (Å²) >= 11 is 0. The van der Waals surface area contributed by atoms with E-state index in [2.05, 4.69) is 5.10 Å². The van der Waals surface area contributed by atoms with Crippen molar-refractivity contribution in [3.8, 4) is 22.4 Å². The highest BCUT2D eigenvalue weighted by Crippen LogP contribution is 2.33. The largest absolute Gasteiger partial charge is 0.416 e. The summed E-state index contributed by atoms with van der Waals surface area (Å²) in [4.78, 5) is 12.6. The Kier molecular flexibility index (Phi) is 4.48. The van der Waals surface area contributed by atoms with Crippen molar-refractivity contribution in [2.75, 3.05) is 0 Å². The Balaban J connectivity index is 1.99. The first-order valence-electron chi connectivity index (χ1n) is 8.80. The van der Waals surface area contributed by atoms with Crippen LogP contribution in [0.3, 0.4) is 0 Å². The van der Waals surface area contributed by atoms with Crippen LogP contribution in [0.4, 0.5) is 22.0 Å². The lowest BCUT2D eigenvalue weighted by atomic mass is 10.0. The molecule has 2 aromatic heterocycles. The van der Waals surface area contributed by atoms with Crippen LogP contribution in [0.5, 0.6) is 0 Å². The van der Waals surface area contributed by atoms with Crippen molar-refractivity contribution in [3.63, 3.8) is 0 Å². The molecule has 9 heteroatoms. The number of rotatable bonds is 2. The third-order valence-corrected chi connectivity index (χ3v) is 4.89. The number of aromatic nitrogens is 3. The second-order valence-electron chi connectivity index (χ2n) is 6.82. The zero-order valence-electron chi connectivity index (χ0n) is 15.8. The van der Waals surface area contributed by atoms with Gasteiger partial charge in [-0.25, -0.2) is 8.78 Å². The molecule has 0 aliphatic rings. The molecule has 30 heavy (non-hydrogen) atoms. The predicted octanol–water partition coefficient (Wildman–Crippen LogP) is 4.97. The molecule has 0 atom stereocenters. The Morgan fingerprint density at radius 2 is 1.63 bits per heavy atom. The van der Waals surface area contributed by atoms with Crippen LogP contribution in [0.1, 0.15) is 11.3 Å². The van der Waals surface area contributed by atoms with E-state index in [1.807, 2.05) is 0 Å². The lowest BCUT2D eigenvalue weighted by molar-refractivity contribution is -0.137. The maximum atomic E-state index is 14.5. The Hall–Kier alpha value is -3.49. The van der Waals surface area contributed by atoms with Gasteiger partial charge < -0.3 is 4.57 Å². The zero-order valence-corrected chi connectivity index (χ0v) is 15.8. The molecule has 4 aromatic rings. The summed E-state index contributed by atoms with van der Waals surface area (Å²) < 4.78 is 69.0. The number of hydrogen-bond acceptors (Lipinski definition) is 2. The highest BCUT2D eigenvalue weighted by atomic mass is 19.4. The quantitative estimate of drug-likeness (QED) is 0.431. The molecular formula is C21H14F5N3O. The van der Waals surface area contributed by atoms with E-state index in [0.717, 1.165) is 28.8 Å². The van der Waals surface area contributed by atoms with Crippen molar-refractivity contribution < 1.29 is 22.0 Å². The molecule has 0 amide bonds. The van der Waals surface area contributed by atoms with Gasteiger partial charge in [-0.05, 0) is 36.8 Å². The van der Waals surface area contributed by atoms with Crippen molar-refractivity contribution in [1.82, 2.24) is 14.2 Å². The van der Waals surface area contributed by atoms with E-state index in [4.69, 9.17) is 0 Å². The Morgan fingerprint density at radius 1 is 0.967 bits per heavy atom. The number of aryl methyl sites for hydroxylation is 2. The van der Waals surface area contributed by atoms with Crippen molar-refractivity contribution in [1.29, 1.82) is 0 Å². The topological polar surface area (TPSA) is 39.3 Å². The van der Waals surface area contributed by atoms with Crippen LogP contribution < -0.4 is 5.56 Å². The number of nitrogens with zero attached hydrogens (tertiary/aromatic N) is 3. The molecule has 0 bridgehead atoms. The minimum Gasteiger partial charge on any atom is -0.328 e. The molecule has 0 saturated carbocycles. The zero-order chi connectivity index (χ0) is 21.8. The number of alkyl halides is 3. The normalized spacial score (nSPS) is 12.0. The summed E-state index contributed by atoms with van der Waals surface area (Å²) in [6.07, 6.45) is -4.48. The molecule has 2 heterocycles. The average molecular weight is 419 g/mol. The van der Waals surface area contributed by atoms with Crippen molar-refractivity contribution in [2.45, 2.75) is 13.1 Å². The summed E-state index contributed by atoms with van der Waals surface area (Å²) in [5.74, 6) is -1.56. The van der Waals surface area contributed by atoms with Crippen LogP contribution in [0, 0.1) is 18.6 Å². The molecule has 0 saturated heterocycles. The number of halogens is 5. The molecule has 0 radical (unpaired) electrons. The maximum Gasteiger partial charge on any atom is 0.416 e. The van der Waals surface area contributed by atoms with Crippen LogP contribution >= 0.6 is 0 Å². The van der Waals surface area contributed by atoms with Gasteiger partial charge in [-0.2, -0.15) is 22.8 Å². The van der Waals surface area contributed by atoms with Crippen LogP contribution in [-0.2, 0) is 13.2 Å². The fourth-order valence-electron chi connectivity index (χ4n) is 3.48. The van der Waals surface area contributed by atoms with Gasteiger partial charge in [-0.15, -0.1) is 0 Å². The lowest BCUT2D eigenvalue weighted by Crippen LogP contribution is -2.18. The first kappa shape index (κ1) is 19.8. The predicted molar refractivity (Wildman–Crippen MR) is 101 cm³/mol. The second-order valence-corrected chi connectivity index (χ2v) is 6.82. The van der Waals surface area contributed by atoms with E-state index in [1.54, 1.807) is 18.5 Å². The van der Waals surface area contributed by atoms with Crippen molar-refractivity contribution in [3.05, 3.63) is 81.8 Å². The summed E-state index contributed by atoms with van der Waals surface area (Å²) in [7, 11) is 1.59. The van der Waals surface area contributed by atoms with Gasteiger partial charge in [0.15, 0.2) is 0 Å². The maximum absolute atomic E-state index is 14.5. The van der Waals surface area contributed by atoms with E-state index >= 15 is 0 Å². The average Bonchev–Trinajstić information content (AvgIpc) is 3.02. The lowest BCUT2D eigenvalue weighted by Gasteiger charge is -2.14. The summed E-state index contributed by atoms with van der Waals surface area (Å²) in [5, 5.41) is 4.17. The van der Waals surface area contributed by atoms with E-state index in [1.165, 1.54) is 24.3 Å².